The lowest BCUT2D eigenvalue weighted by atomic mass is 9.48. The number of hydrogen-bond donors (Lipinski definition) is 0. The first kappa shape index (κ1) is 14.5. The summed E-state index contributed by atoms with van der Waals surface area (Å²) < 4.78 is 0. The van der Waals surface area contributed by atoms with Crippen molar-refractivity contribution < 1.29 is 4.79 Å². The van der Waals surface area contributed by atoms with Gasteiger partial charge in [-0.3, -0.25) is 4.79 Å². The van der Waals surface area contributed by atoms with Crippen molar-refractivity contribution in [3.8, 4) is 0 Å². The van der Waals surface area contributed by atoms with Crippen molar-refractivity contribution in [1.82, 2.24) is 0 Å². The number of carbonyl (C=O) groups excluding carboxylic acids is 1. The molecule has 0 bridgehead atoms. The third-order valence-corrected chi connectivity index (χ3v) is 8.59. The summed E-state index contributed by atoms with van der Waals surface area (Å²) in [6, 6.07) is 0. The zero-order valence-electron chi connectivity index (χ0n) is 13.3. The lowest BCUT2D eigenvalue weighted by molar-refractivity contribution is -0.131. The van der Waals surface area contributed by atoms with Crippen molar-refractivity contribution in [2.45, 2.75) is 70.0 Å². The van der Waals surface area contributed by atoms with Gasteiger partial charge in [-0.15, -0.1) is 0 Å². The molecular weight excluding hydrogens is 324 g/mol. The molecule has 4 aliphatic rings. The number of halogens is 1. The van der Waals surface area contributed by atoms with Crippen LogP contribution in [-0.2, 0) is 4.79 Å². The molecule has 0 unspecified atom stereocenters. The van der Waals surface area contributed by atoms with Crippen LogP contribution in [0.2, 0.25) is 0 Å². The van der Waals surface area contributed by atoms with Gasteiger partial charge in [0.2, 0.25) is 0 Å². The number of allylic oxidation sites excluding steroid dienone is 2. The Morgan fingerprint density at radius 2 is 1.81 bits per heavy atom. The van der Waals surface area contributed by atoms with Gasteiger partial charge in [0.1, 0.15) is 5.78 Å². The molecule has 0 spiro atoms. The van der Waals surface area contributed by atoms with Crippen LogP contribution in [0.5, 0.6) is 0 Å². The standard InChI is InChI=1S/C19H27BrO/c1-18-9-4-3-5-12(18)11-15(20)17-13-6-7-16(21)19(13,2)10-8-14(17)18/h11,13-15,17H,3-10H2,1-2H3/t13-,14-,15+,17-,18-,19-/m0/s1. The van der Waals surface area contributed by atoms with E-state index in [1.807, 2.05) is 0 Å². The molecule has 0 aromatic heterocycles. The van der Waals surface area contributed by atoms with Crippen LogP contribution in [0, 0.1) is 28.6 Å². The summed E-state index contributed by atoms with van der Waals surface area (Å²) in [7, 11) is 0. The minimum atomic E-state index is -0.0104. The highest BCUT2D eigenvalue weighted by molar-refractivity contribution is 9.09. The average Bonchev–Trinajstić information content (AvgIpc) is 2.76. The highest BCUT2D eigenvalue weighted by Crippen LogP contribution is 2.64. The summed E-state index contributed by atoms with van der Waals surface area (Å²) in [5.74, 6) is 2.65. The molecule has 0 aromatic rings. The molecule has 3 fully saturated rings. The van der Waals surface area contributed by atoms with E-state index in [1.54, 1.807) is 5.57 Å². The summed E-state index contributed by atoms with van der Waals surface area (Å²) in [6.45, 7) is 4.80. The van der Waals surface area contributed by atoms with Gasteiger partial charge in [0.15, 0.2) is 0 Å². The Hall–Kier alpha value is -0.110. The number of carbonyl (C=O) groups is 1. The molecule has 4 aliphatic carbocycles. The predicted molar refractivity (Wildman–Crippen MR) is 89.4 cm³/mol. The van der Waals surface area contributed by atoms with Crippen molar-refractivity contribution in [1.29, 1.82) is 0 Å². The van der Waals surface area contributed by atoms with Crippen LogP contribution in [0.4, 0.5) is 0 Å². The minimum Gasteiger partial charge on any atom is -0.299 e. The second kappa shape index (κ2) is 4.69. The Bertz CT molecular complexity index is 510. The second-order valence-corrected chi connectivity index (χ2v) is 9.53. The van der Waals surface area contributed by atoms with Crippen LogP contribution in [0.25, 0.3) is 0 Å². The second-order valence-electron chi connectivity index (χ2n) is 8.47. The number of Topliss-reactive ketones (excluding diaryl/α,β-unsaturated/α-hetero) is 1. The molecule has 1 nitrogen and oxygen atoms in total. The Labute approximate surface area is 137 Å². The zero-order chi connectivity index (χ0) is 14.8. The average molecular weight is 351 g/mol. The van der Waals surface area contributed by atoms with Gasteiger partial charge in [0, 0.05) is 16.7 Å². The first-order valence-electron chi connectivity index (χ1n) is 8.85. The van der Waals surface area contributed by atoms with Gasteiger partial charge in [0.25, 0.3) is 0 Å². The summed E-state index contributed by atoms with van der Waals surface area (Å²) >= 11 is 4.01. The molecule has 21 heavy (non-hydrogen) atoms. The van der Waals surface area contributed by atoms with E-state index in [2.05, 4.69) is 35.9 Å². The zero-order valence-corrected chi connectivity index (χ0v) is 14.9. The quantitative estimate of drug-likeness (QED) is 0.429. The van der Waals surface area contributed by atoms with Crippen LogP contribution in [0.3, 0.4) is 0 Å². The van der Waals surface area contributed by atoms with Gasteiger partial charge in [-0.25, -0.2) is 0 Å². The van der Waals surface area contributed by atoms with E-state index >= 15 is 0 Å². The fraction of sp³-hybridized carbons (Fsp3) is 0.842. The molecule has 3 saturated carbocycles. The largest absolute Gasteiger partial charge is 0.299 e. The summed E-state index contributed by atoms with van der Waals surface area (Å²) in [4.78, 5) is 12.9. The summed E-state index contributed by atoms with van der Waals surface area (Å²) in [5, 5.41) is 0. The van der Waals surface area contributed by atoms with Crippen LogP contribution in [-0.4, -0.2) is 10.6 Å². The van der Waals surface area contributed by atoms with Gasteiger partial charge in [-0.05, 0) is 61.7 Å². The molecule has 116 valence electrons. The smallest absolute Gasteiger partial charge is 0.139 e. The molecule has 0 radical (unpaired) electrons. The first-order chi connectivity index (χ1) is 9.97. The summed E-state index contributed by atoms with van der Waals surface area (Å²) in [5.41, 5.74) is 2.15. The number of ketones is 1. The van der Waals surface area contributed by atoms with Crippen molar-refractivity contribution in [2.75, 3.05) is 0 Å². The maximum absolute atomic E-state index is 12.4. The molecule has 0 aliphatic heterocycles. The fourth-order valence-corrected chi connectivity index (χ4v) is 7.47. The van der Waals surface area contributed by atoms with Gasteiger partial charge in [-0.2, -0.15) is 0 Å². The molecule has 0 N–H and O–H groups in total. The van der Waals surface area contributed by atoms with Gasteiger partial charge in [0.05, 0.1) is 0 Å². The molecule has 0 heterocycles. The van der Waals surface area contributed by atoms with Gasteiger partial charge < -0.3 is 0 Å². The van der Waals surface area contributed by atoms with Crippen molar-refractivity contribution in [3.63, 3.8) is 0 Å². The van der Waals surface area contributed by atoms with Crippen molar-refractivity contribution in [2.24, 2.45) is 28.6 Å². The summed E-state index contributed by atoms with van der Waals surface area (Å²) in [6.07, 6.45) is 12.4. The van der Waals surface area contributed by atoms with Gasteiger partial charge in [-0.1, -0.05) is 47.8 Å². The lowest BCUT2D eigenvalue weighted by Gasteiger charge is -2.57. The molecule has 0 amide bonds. The lowest BCUT2D eigenvalue weighted by Crippen LogP contribution is -2.52. The molecule has 2 heteroatoms. The Morgan fingerprint density at radius 1 is 1.05 bits per heavy atom. The minimum absolute atomic E-state index is 0.0104. The van der Waals surface area contributed by atoms with E-state index in [1.165, 1.54) is 32.1 Å². The molecule has 6 atom stereocenters. The fourth-order valence-electron chi connectivity index (χ4n) is 6.41. The third-order valence-electron chi connectivity index (χ3n) is 7.71. The molecular formula is C19H27BrO. The topological polar surface area (TPSA) is 17.1 Å². The molecule has 0 aromatic carbocycles. The van der Waals surface area contributed by atoms with E-state index in [0.29, 0.717) is 27.9 Å². The van der Waals surface area contributed by atoms with Crippen LogP contribution in [0.15, 0.2) is 11.6 Å². The van der Waals surface area contributed by atoms with Gasteiger partial charge >= 0.3 is 0 Å². The van der Waals surface area contributed by atoms with Crippen LogP contribution in [0.1, 0.15) is 65.2 Å². The van der Waals surface area contributed by atoms with Crippen LogP contribution < -0.4 is 0 Å². The van der Waals surface area contributed by atoms with Crippen molar-refractivity contribution >= 4 is 21.7 Å². The van der Waals surface area contributed by atoms with Crippen molar-refractivity contribution in [3.05, 3.63) is 11.6 Å². The normalized spacial score (nSPS) is 52.7. The predicted octanol–water partition coefficient (Wildman–Crippen LogP) is 5.28. The highest BCUT2D eigenvalue weighted by atomic mass is 79.9. The van der Waals surface area contributed by atoms with E-state index in [0.717, 1.165) is 25.2 Å². The number of hydrogen-bond acceptors (Lipinski definition) is 1. The molecule has 0 saturated heterocycles. The molecule has 4 rings (SSSR count). The Morgan fingerprint density at radius 3 is 2.62 bits per heavy atom. The number of fused-ring (bicyclic) bond motifs is 5. The first-order valence-corrected chi connectivity index (χ1v) is 9.77. The maximum atomic E-state index is 12.4. The van der Waals surface area contributed by atoms with E-state index in [9.17, 15) is 4.79 Å². The Kier molecular flexibility index (Phi) is 3.24. The maximum Gasteiger partial charge on any atom is 0.139 e. The van der Waals surface area contributed by atoms with Crippen LogP contribution >= 0.6 is 15.9 Å². The number of rotatable bonds is 0. The highest BCUT2D eigenvalue weighted by Gasteiger charge is 2.59. The van der Waals surface area contributed by atoms with E-state index < -0.39 is 0 Å². The Balaban J connectivity index is 1.76. The number of alkyl halides is 1. The SMILES string of the molecule is C[C@]12CCCCC1=C[C@@H](Br)[C@@H]1[C@@H]2CC[C@]2(C)C(=O)CC[C@@H]12. The van der Waals surface area contributed by atoms with E-state index in [4.69, 9.17) is 0 Å². The third kappa shape index (κ3) is 1.84. The monoisotopic (exact) mass is 350 g/mol. The van der Waals surface area contributed by atoms with E-state index in [-0.39, 0.29) is 5.41 Å².